The Bertz CT molecular complexity index is 656. The molecule has 0 unspecified atom stereocenters. The number of esters is 1. The van der Waals surface area contributed by atoms with Crippen LogP contribution in [0.3, 0.4) is 0 Å². The third kappa shape index (κ3) is 3.11. The molecular formula is C15H15BrN2O2. The maximum atomic E-state index is 11.6. The Balaban J connectivity index is 2.32. The first-order valence-electron chi connectivity index (χ1n) is 6.02. The summed E-state index contributed by atoms with van der Waals surface area (Å²) in [6, 6.07) is 11.1. The monoisotopic (exact) mass is 334 g/mol. The second kappa shape index (κ2) is 5.96. The first-order chi connectivity index (χ1) is 9.51. The summed E-state index contributed by atoms with van der Waals surface area (Å²) < 4.78 is 5.73. The van der Waals surface area contributed by atoms with Gasteiger partial charge >= 0.3 is 5.97 Å². The van der Waals surface area contributed by atoms with Crippen molar-refractivity contribution in [3.63, 3.8) is 0 Å². The normalized spacial score (nSPS) is 10.2. The molecule has 0 spiro atoms. The highest BCUT2D eigenvalue weighted by Gasteiger charge is 2.11. The van der Waals surface area contributed by atoms with Gasteiger partial charge in [0, 0.05) is 21.5 Å². The van der Waals surface area contributed by atoms with Crippen LogP contribution in [-0.4, -0.2) is 13.1 Å². The Hall–Kier alpha value is -2.01. The molecule has 0 fully saturated rings. The van der Waals surface area contributed by atoms with Gasteiger partial charge < -0.3 is 15.8 Å². The fraction of sp³-hybridized carbons (Fsp3) is 0.133. The average molecular weight is 335 g/mol. The van der Waals surface area contributed by atoms with Crippen LogP contribution in [0.25, 0.3) is 0 Å². The summed E-state index contributed by atoms with van der Waals surface area (Å²) in [6.45, 7) is 2.01. The van der Waals surface area contributed by atoms with Crippen LogP contribution >= 0.6 is 15.9 Å². The number of methoxy groups -OCH3 is 1. The van der Waals surface area contributed by atoms with Gasteiger partial charge in [-0.15, -0.1) is 0 Å². The number of rotatable bonds is 3. The molecule has 5 heteroatoms. The van der Waals surface area contributed by atoms with Gasteiger partial charge in [-0.3, -0.25) is 0 Å². The number of hydrogen-bond acceptors (Lipinski definition) is 4. The van der Waals surface area contributed by atoms with E-state index >= 15 is 0 Å². The summed E-state index contributed by atoms with van der Waals surface area (Å²) in [4.78, 5) is 11.6. The Morgan fingerprint density at radius 3 is 2.65 bits per heavy atom. The van der Waals surface area contributed by atoms with Gasteiger partial charge in [0.15, 0.2) is 0 Å². The first-order valence-corrected chi connectivity index (χ1v) is 6.81. The second-order valence-corrected chi connectivity index (χ2v) is 5.29. The zero-order valence-electron chi connectivity index (χ0n) is 11.2. The van der Waals surface area contributed by atoms with Crippen molar-refractivity contribution in [2.24, 2.45) is 0 Å². The topological polar surface area (TPSA) is 64.3 Å². The van der Waals surface area contributed by atoms with E-state index in [9.17, 15) is 4.79 Å². The maximum Gasteiger partial charge on any atom is 0.340 e. The molecular weight excluding hydrogens is 320 g/mol. The fourth-order valence-electron chi connectivity index (χ4n) is 1.84. The largest absolute Gasteiger partial charge is 0.465 e. The SMILES string of the molecule is COC(=O)c1cc(Nc2ccc(Br)cc2C)ccc1N. The van der Waals surface area contributed by atoms with Gasteiger partial charge in [-0.1, -0.05) is 15.9 Å². The maximum absolute atomic E-state index is 11.6. The molecule has 0 aromatic heterocycles. The number of aryl methyl sites for hydroxylation is 1. The summed E-state index contributed by atoms with van der Waals surface area (Å²) in [6.07, 6.45) is 0. The van der Waals surface area contributed by atoms with Gasteiger partial charge in [0.25, 0.3) is 0 Å². The van der Waals surface area contributed by atoms with E-state index in [1.54, 1.807) is 12.1 Å². The van der Waals surface area contributed by atoms with Gasteiger partial charge in [0.1, 0.15) is 0 Å². The molecule has 0 aliphatic carbocycles. The van der Waals surface area contributed by atoms with E-state index in [1.807, 2.05) is 31.2 Å². The van der Waals surface area contributed by atoms with E-state index in [4.69, 9.17) is 10.5 Å². The lowest BCUT2D eigenvalue weighted by molar-refractivity contribution is 0.0602. The lowest BCUT2D eigenvalue weighted by atomic mass is 10.1. The van der Waals surface area contributed by atoms with Crippen molar-refractivity contribution in [1.29, 1.82) is 0 Å². The van der Waals surface area contributed by atoms with Crippen LogP contribution in [-0.2, 0) is 4.74 Å². The molecule has 0 heterocycles. The number of nitrogens with one attached hydrogen (secondary N) is 1. The Morgan fingerprint density at radius 2 is 2.00 bits per heavy atom. The van der Waals surface area contributed by atoms with Crippen LogP contribution in [0, 0.1) is 6.92 Å². The van der Waals surface area contributed by atoms with Gasteiger partial charge in [0.05, 0.1) is 12.7 Å². The molecule has 4 nitrogen and oxygen atoms in total. The van der Waals surface area contributed by atoms with Gasteiger partial charge in [-0.25, -0.2) is 4.79 Å². The van der Waals surface area contributed by atoms with Crippen molar-refractivity contribution in [3.8, 4) is 0 Å². The minimum atomic E-state index is -0.446. The molecule has 3 N–H and O–H groups in total. The number of nitrogens with two attached hydrogens (primary N) is 1. The summed E-state index contributed by atoms with van der Waals surface area (Å²) in [7, 11) is 1.33. The summed E-state index contributed by atoms with van der Waals surface area (Å²) in [5.74, 6) is -0.446. The summed E-state index contributed by atoms with van der Waals surface area (Å²) >= 11 is 3.43. The number of nitrogen functional groups attached to an aromatic ring is 1. The van der Waals surface area contributed by atoms with E-state index < -0.39 is 5.97 Å². The Kier molecular flexibility index (Phi) is 4.29. The van der Waals surface area contributed by atoms with Crippen molar-refractivity contribution in [2.75, 3.05) is 18.2 Å². The highest BCUT2D eigenvalue weighted by atomic mass is 79.9. The Labute approximate surface area is 126 Å². The van der Waals surface area contributed by atoms with Crippen LogP contribution < -0.4 is 11.1 Å². The van der Waals surface area contributed by atoms with Crippen molar-refractivity contribution in [3.05, 3.63) is 52.0 Å². The van der Waals surface area contributed by atoms with E-state index in [0.717, 1.165) is 21.4 Å². The smallest absolute Gasteiger partial charge is 0.340 e. The summed E-state index contributed by atoms with van der Waals surface area (Å²) in [5, 5.41) is 3.26. The molecule has 20 heavy (non-hydrogen) atoms. The second-order valence-electron chi connectivity index (χ2n) is 4.38. The lowest BCUT2D eigenvalue weighted by Gasteiger charge is -2.12. The molecule has 2 aromatic rings. The number of ether oxygens (including phenoxy) is 1. The van der Waals surface area contributed by atoms with Crippen molar-refractivity contribution in [2.45, 2.75) is 6.92 Å². The molecule has 104 valence electrons. The van der Waals surface area contributed by atoms with Crippen LogP contribution in [0.4, 0.5) is 17.1 Å². The molecule has 0 saturated heterocycles. The zero-order valence-corrected chi connectivity index (χ0v) is 12.8. The number of benzene rings is 2. The Morgan fingerprint density at radius 1 is 1.25 bits per heavy atom. The summed E-state index contributed by atoms with van der Waals surface area (Å²) in [5.41, 5.74) is 9.37. The molecule has 0 bridgehead atoms. The molecule has 0 aliphatic heterocycles. The highest BCUT2D eigenvalue weighted by Crippen LogP contribution is 2.26. The van der Waals surface area contributed by atoms with Crippen LogP contribution in [0.15, 0.2) is 40.9 Å². The van der Waals surface area contributed by atoms with Crippen molar-refractivity contribution >= 4 is 39.0 Å². The quantitative estimate of drug-likeness (QED) is 0.660. The third-order valence-corrected chi connectivity index (χ3v) is 3.42. The molecule has 0 amide bonds. The van der Waals surface area contributed by atoms with Gasteiger partial charge in [-0.2, -0.15) is 0 Å². The fourth-order valence-corrected chi connectivity index (χ4v) is 2.32. The van der Waals surface area contributed by atoms with E-state index in [2.05, 4.69) is 21.2 Å². The van der Waals surface area contributed by atoms with Crippen molar-refractivity contribution < 1.29 is 9.53 Å². The van der Waals surface area contributed by atoms with Gasteiger partial charge in [-0.05, 0) is 48.9 Å². The predicted octanol–water partition coefficient (Wildman–Crippen LogP) is 3.87. The molecule has 0 radical (unpaired) electrons. The first kappa shape index (κ1) is 14.4. The van der Waals surface area contributed by atoms with Crippen molar-refractivity contribution in [1.82, 2.24) is 0 Å². The van der Waals surface area contributed by atoms with E-state index in [1.165, 1.54) is 7.11 Å². The number of carbonyl (C=O) groups excluding carboxylic acids is 1. The van der Waals surface area contributed by atoms with Crippen LogP contribution in [0.5, 0.6) is 0 Å². The van der Waals surface area contributed by atoms with Crippen LogP contribution in [0.2, 0.25) is 0 Å². The standard InChI is InChI=1S/C15H15BrN2O2/c1-9-7-10(16)3-6-14(9)18-11-4-5-13(17)12(8-11)15(19)20-2/h3-8,18H,17H2,1-2H3. The van der Waals surface area contributed by atoms with E-state index in [-0.39, 0.29) is 0 Å². The van der Waals surface area contributed by atoms with E-state index in [0.29, 0.717) is 11.3 Å². The number of hydrogen-bond donors (Lipinski definition) is 2. The molecule has 0 aliphatic rings. The molecule has 0 saturated carbocycles. The third-order valence-electron chi connectivity index (χ3n) is 2.93. The molecule has 0 atom stereocenters. The zero-order chi connectivity index (χ0) is 14.7. The van der Waals surface area contributed by atoms with Crippen LogP contribution in [0.1, 0.15) is 15.9 Å². The molecule has 2 aromatic carbocycles. The predicted molar refractivity (Wildman–Crippen MR) is 84.4 cm³/mol. The minimum absolute atomic E-state index is 0.354. The lowest BCUT2D eigenvalue weighted by Crippen LogP contribution is -2.06. The number of carbonyl (C=O) groups is 1. The average Bonchev–Trinajstić information content (AvgIpc) is 2.43. The van der Waals surface area contributed by atoms with Gasteiger partial charge in [0.2, 0.25) is 0 Å². The number of anilines is 3. The highest BCUT2D eigenvalue weighted by molar-refractivity contribution is 9.10. The number of halogens is 1. The molecule has 2 rings (SSSR count). The minimum Gasteiger partial charge on any atom is -0.465 e.